The summed E-state index contributed by atoms with van der Waals surface area (Å²) in [6.45, 7) is 6.22. The molecule has 28 heavy (non-hydrogen) atoms. The van der Waals surface area contributed by atoms with Crippen LogP contribution in [0.2, 0.25) is 0 Å². The molecule has 5 heterocycles. The lowest BCUT2D eigenvalue weighted by atomic mass is 9.58. The van der Waals surface area contributed by atoms with Crippen LogP contribution < -0.4 is 0 Å². The average Bonchev–Trinajstić information content (AvgIpc) is 2.92. The zero-order valence-corrected chi connectivity index (χ0v) is 16.5. The number of pyridine rings is 1. The van der Waals surface area contributed by atoms with Gasteiger partial charge in [-0.05, 0) is 50.2 Å². The van der Waals surface area contributed by atoms with Gasteiger partial charge in [0.05, 0.1) is 5.56 Å². The van der Waals surface area contributed by atoms with Gasteiger partial charge in [-0.25, -0.2) is 14.6 Å². The fourth-order valence-corrected chi connectivity index (χ4v) is 5.66. The summed E-state index contributed by atoms with van der Waals surface area (Å²) in [5, 5.41) is 0. The molecule has 5 fully saturated rings. The first-order valence-corrected chi connectivity index (χ1v) is 10.2. The molecule has 8 atom stereocenters. The Labute approximate surface area is 164 Å². The van der Waals surface area contributed by atoms with Crippen LogP contribution in [0.3, 0.4) is 0 Å². The summed E-state index contributed by atoms with van der Waals surface area (Å²) in [5.74, 6) is -0.405. The molecule has 0 radical (unpaired) electrons. The molecule has 0 N–H and O–H groups in total. The summed E-state index contributed by atoms with van der Waals surface area (Å²) in [6.07, 6.45) is 5.60. The van der Waals surface area contributed by atoms with E-state index in [4.69, 9.17) is 24.0 Å². The van der Waals surface area contributed by atoms with Gasteiger partial charge in [0, 0.05) is 30.7 Å². The number of nitrogens with zero attached hydrogens (tertiary/aromatic N) is 1. The highest BCUT2D eigenvalue weighted by Gasteiger charge is 2.69. The first-order valence-electron chi connectivity index (χ1n) is 10.2. The molecule has 7 heteroatoms. The number of hydrogen-bond donors (Lipinski definition) is 0. The third-order valence-electron chi connectivity index (χ3n) is 7.22. The first-order chi connectivity index (χ1) is 13.4. The molecule has 4 saturated heterocycles. The number of hydrogen-bond acceptors (Lipinski definition) is 7. The van der Waals surface area contributed by atoms with Crippen molar-refractivity contribution in [3.63, 3.8) is 0 Å². The summed E-state index contributed by atoms with van der Waals surface area (Å²) in [6, 6.07) is 3.40. The van der Waals surface area contributed by atoms with Crippen LogP contribution in [0, 0.1) is 23.7 Å². The van der Waals surface area contributed by atoms with E-state index in [1.807, 2.05) is 6.92 Å². The summed E-state index contributed by atoms with van der Waals surface area (Å²) in [7, 11) is 0. The highest BCUT2D eigenvalue weighted by molar-refractivity contribution is 5.89. The van der Waals surface area contributed by atoms with Crippen LogP contribution in [0.5, 0.6) is 0 Å². The Balaban J connectivity index is 1.46. The van der Waals surface area contributed by atoms with Crippen molar-refractivity contribution in [2.75, 3.05) is 0 Å². The summed E-state index contributed by atoms with van der Waals surface area (Å²) < 4.78 is 18.3. The lowest BCUT2D eigenvalue weighted by molar-refractivity contribution is -0.576. The minimum atomic E-state index is -0.837. The molecule has 1 aromatic heterocycles. The Morgan fingerprint density at radius 3 is 2.86 bits per heavy atom. The number of carbonyl (C=O) groups excluding carboxylic acids is 1. The van der Waals surface area contributed by atoms with Gasteiger partial charge >= 0.3 is 5.97 Å². The number of aromatic nitrogens is 1. The van der Waals surface area contributed by atoms with Crippen molar-refractivity contribution < 1.29 is 28.8 Å². The van der Waals surface area contributed by atoms with Gasteiger partial charge in [0.2, 0.25) is 12.1 Å². The standard InChI is InChI=1S/C21H27NO6/c1-12-6-7-16-13(2)18(24-17(23)14-5-4-10-22-11-14)25-19-21(16)15(12)8-9-20(3,26-19)27-28-21/h4-5,10-13,15-16,18-19H,6-9H2,1-3H3/t12-,13-,15-,16-,18+,19-,20+,21-/m1/s1. The maximum absolute atomic E-state index is 12.6. The van der Waals surface area contributed by atoms with Crippen molar-refractivity contribution in [1.29, 1.82) is 0 Å². The summed E-state index contributed by atoms with van der Waals surface area (Å²) in [4.78, 5) is 28.5. The van der Waals surface area contributed by atoms with Gasteiger partial charge in [-0.1, -0.05) is 13.8 Å². The van der Waals surface area contributed by atoms with Crippen LogP contribution in [0.25, 0.3) is 0 Å². The topological polar surface area (TPSA) is 76.1 Å². The van der Waals surface area contributed by atoms with Gasteiger partial charge in [-0.15, -0.1) is 0 Å². The van der Waals surface area contributed by atoms with Gasteiger partial charge < -0.3 is 14.2 Å². The molecule has 0 unspecified atom stereocenters. The predicted molar refractivity (Wildman–Crippen MR) is 96.5 cm³/mol. The van der Waals surface area contributed by atoms with Gasteiger partial charge in [-0.2, -0.15) is 0 Å². The lowest BCUT2D eigenvalue weighted by Gasteiger charge is -2.59. The highest BCUT2D eigenvalue weighted by atomic mass is 17.3. The number of fused-ring (bicyclic) bond motifs is 2. The van der Waals surface area contributed by atoms with Crippen molar-refractivity contribution in [2.24, 2.45) is 23.7 Å². The second-order valence-corrected chi connectivity index (χ2v) is 8.92. The molecule has 1 spiro atoms. The van der Waals surface area contributed by atoms with Crippen molar-refractivity contribution in [3.8, 4) is 0 Å². The third-order valence-corrected chi connectivity index (χ3v) is 7.22. The highest BCUT2D eigenvalue weighted by Crippen LogP contribution is 2.60. The molecule has 1 aliphatic carbocycles. The average molecular weight is 389 g/mol. The second-order valence-electron chi connectivity index (χ2n) is 8.92. The molecule has 5 aliphatic rings. The molecule has 0 amide bonds. The Bertz CT molecular complexity index is 759. The van der Waals surface area contributed by atoms with Crippen LogP contribution in [-0.2, 0) is 24.0 Å². The summed E-state index contributed by atoms with van der Waals surface area (Å²) in [5.41, 5.74) is -0.242. The van der Waals surface area contributed by atoms with Crippen molar-refractivity contribution in [3.05, 3.63) is 30.1 Å². The number of esters is 1. The van der Waals surface area contributed by atoms with Crippen LogP contribution in [-0.4, -0.2) is 34.9 Å². The molecule has 1 aromatic rings. The normalized spacial score (nSPS) is 47.1. The quantitative estimate of drug-likeness (QED) is 0.566. The predicted octanol–water partition coefficient (Wildman–Crippen LogP) is 3.45. The Morgan fingerprint density at radius 2 is 2.07 bits per heavy atom. The van der Waals surface area contributed by atoms with Crippen LogP contribution in [0.1, 0.15) is 56.8 Å². The number of carbonyl (C=O) groups is 1. The molecular formula is C21H27NO6. The van der Waals surface area contributed by atoms with Gasteiger partial charge in [0.15, 0.2) is 11.9 Å². The molecule has 4 aliphatic heterocycles. The number of rotatable bonds is 2. The molecule has 152 valence electrons. The third kappa shape index (κ3) is 2.64. The van der Waals surface area contributed by atoms with E-state index in [1.165, 1.54) is 6.20 Å². The van der Waals surface area contributed by atoms with E-state index in [0.717, 1.165) is 25.7 Å². The van der Waals surface area contributed by atoms with E-state index in [0.29, 0.717) is 11.5 Å². The fourth-order valence-electron chi connectivity index (χ4n) is 5.66. The maximum atomic E-state index is 12.6. The second kappa shape index (κ2) is 6.49. The van der Waals surface area contributed by atoms with E-state index in [1.54, 1.807) is 18.3 Å². The minimum Gasteiger partial charge on any atom is -0.432 e. The first kappa shape index (κ1) is 18.5. The smallest absolute Gasteiger partial charge is 0.342 e. The SMILES string of the molecule is C[C@H]1[C@@H](OC(=O)c2cccnc2)O[C@@H]2O[C@]3(C)CC[C@@H]4[C@H](C)CC[C@H]1[C@@]24OO3. The minimum absolute atomic E-state index is 0.0403. The van der Waals surface area contributed by atoms with Gasteiger partial charge in [-0.3, -0.25) is 4.98 Å². The van der Waals surface area contributed by atoms with E-state index in [9.17, 15) is 4.79 Å². The van der Waals surface area contributed by atoms with E-state index in [-0.39, 0.29) is 17.8 Å². The van der Waals surface area contributed by atoms with Crippen molar-refractivity contribution in [1.82, 2.24) is 4.98 Å². The van der Waals surface area contributed by atoms with E-state index in [2.05, 4.69) is 18.8 Å². The van der Waals surface area contributed by atoms with Crippen molar-refractivity contribution >= 4 is 5.97 Å². The maximum Gasteiger partial charge on any atom is 0.342 e. The van der Waals surface area contributed by atoms with Crippen LogP contribution >= 0.6 is 0 Å². The Hall–Kier alpha value is -1.54. The monoisotopic (exact) mass is 389 g/mol. The molecule has 0 aromatic carbocycles. The number of ether oxygens (including phenoxy) is 3. The zero-order valence-electron chi connectivity index (χ0n) is 16.5. The van der Waals surface area contributed by atoms with E-state index >= 15 is 0 Å². The van der Waals surface area contributed by atoms with Gasteiger partial charge in [0.1, 0.15) is 0 Å². The van der Waals surface area contributed by atoms with Crippen LogP contribution in [0.4, 0.5) is 0 Å². The van der Waals surface area contributed by atoms with Crippen molar-refractivity contribution in [2.45, 2.75) is 70.4 Å². The Kier molecular flexibility index (Phi) is 4.28. The summed E-state index contributed by atoms with van der Waals surface area (Å²) >= 11 is 0. The Morgan fingerprint density at radius 1 is 1.21 bits per heavy atom. The zero-order chi connectivity index (χ0) is 19.5. The molecular weight excluding hydrogens is 362 g/mol. The lowest BCUT2D eigenvalue weighted by Crippen LogP contribution is -2.70. The van der Waals surface area contributed by atoms with E-state index < -0.39 is 29.9 Å². The molecule has 6 rings (SSSR count). The molecule has 2 bridgehead atoms. The largest absolute Gasteiger partial charge is 0.432 e. The molecule has 1 saturated carbocycles. The van der Waals surface area contributed by atoms with Crippen LogP contribution in [0.15, 0.2) is 24.5 Å². The van der Waals surface area contributed by atoms with Gasteiger partial charge in [0.25, 0.3) is 0 Å². The fraction of sp³-hybridized carbons (Fsp3) is 0.714. The molecule has 7 nitrogen and oxygen atoms in total.